The van der Waals surface area contributed by atoms with E-state index in [-0.39, 0.29) is 11.8 Å². The van der Waals surface area contributed by atoms with Crippen molar-refractivity contribution in [2.24, 2.45) is 0 Å². The molecule has 1 aliphatic carbocycles. The summed E-state index contributed by atoms with van der Waals surface area (Å²) in [5, 5.41) is 11.7. The van der Waals surface area contributed by atoms with E-state index in [1.54, 1.807) is 12.1 Å². The molecule has 0 radical (unpaired) electrons. The number of fused-ring (bicyclic) bond motifs is 3. The average Bonchev–Trinajstić information content (AvgIpc) is 3.34. The highest BCUT2D eigenvalue weighted by atomic mass is 16.2. The van der Waals surface area contributed by atoms with Crippen molar-refractivity contribution in [1.29, 1.82) is 0 Å². The number of carbonyl (C=O) groups is 2. The van der Waals surface area contributed by atoms with Crippen molar-refractivity contribution in [1.82, 2.24) is 10.2 Å². The molecule has 6 rings (SSSR count). The predicted octanol–water partition coefficient (Wildman–Crippen LogP) is 4.92. The molecule has 1 amide bonds. The van der Waals surface area contributed by atoms with Crippen molar-refractivity contribution in [2.45, 2.75) is 17.8 Å². The number of carbonyl (C=O) groups excluding carboxylic acids is 2. The summed E-state index contributed by atoms with van der Waals surface area (Å²) in [6, 6.07) is 21.7. The van der Waals surface area contributed by atoms with Crippen molar-refractivity contribution in [3.05, 3.63) is 94.7 Å². The molecule has 2 N–H and O–H groups in total. The first-order valence-electron chi connectivity index (χ1n) is 10.3. The van der Waals surface area contributed by atoms with Gasteiger partial charge in [-0.05, 0) is 41.3 Å². The number of aldehydes is 1. The Morgan fingerprint density at radius 2 is 1.77 bits per heavy atom. The minimum absolute atomic E-state index is 0.104. The van der Waals surface area contributed by atoms with Gasteiger partial charge in [0.25, 0.3) is 0 Å². The van der Waals surface area contributed by atoms with E-state index in [0.717, 1.165) is 51.7 Å². The maximum Gasteiger partial charge on any atom is 0.235 e. The summed E-state index contributed by atoms with van der Waals surface area (Å²) in [7, 11) is 0. The topological polar surface area (TPSA) is 74.8 Å². The fourth-order valence-corrected chi connectivity index (χ4v) is 4.81. The summed E-state index contributed by atoms with van der Waals surface area (Å²) in [5.41, 5.74) is 6.25. The van der Waals surface area contributed by atoms with Gasteiger partial charge in [0.1, 0.15) is 6.29 Å². The van der Waals surface area contributed by atoms with E-state index in [2.05, 4.69) is 39.8 Å². The number of rotatable bonds is 4. The molecule has 1 fully saturated rings. The lowest BCUT2D eigenvalue weighted by atomic mass is 9.92. The van der Waals surface area contributed by atoms with Crippen LogP contribution in [0.1, 0.15) is 45.1 Å². The smallest absolute Gasteiger partial charge is 0.235 e. The van der Waals surface area contributed by atoms with E-state index in [0.29, 0.717) is 5.56 Å². The molecule has 31 heavy (non-hydrogen) atoms. The molecule has 2 atom stereocenters. The zero-order valence-corrected chi connectivity index (χ0v) is 16.6. The van der Waals surface area contributed by atoms with Gasteiger partial charge in [0.05, 0.1) is 16.6 Å². The van der Waals surface area contributed by atoms with Crippen LogP contribution in [0, 0.1) is 0 Å². The second-order valence-electron chi connectivity index (χ2n) is 8.26. The van der Waals surface area contributed by atoms with Crippen molar-refractivity contribution < 1.29 is 9.59 Å². The summed E-state index contributed by atoms with van der Waals surface area (Å²) in [4.78, 5) is 23.6. The highest BCUT2D eigenvalue weighted by Gasteiger charge is 2.65. The Morgan fingerprint density at radius 1 is 0.968 bits per heavy atom. The Labute approximate surface area is 178 Å². The number of anilines is 1. The molecular formula is C26H19N3O2. The van der Waals surface area contributed by atoms with Crippen LogP contribution in [0.3, 0.4) is 0 Å². The monoisotopic (exact) mass is 405 g/mol. The van der Waals surface area contributed by atoms with Crippen LogP contribution in [0.5, 0.6) is 0 Å². The van der Waals surface area contributed by atoms with Gasteiger partial charge >= 0.3 is 0 Å². The zero-order chi connectivity index (χ0) is 21.0. The van der Waals surface area contributed by atoms with E-state index in [4.69, 9.17) is 0 Å². The number of nitrogens with zero attached hydrogens (tertiary/aromatic N) is 1. The summed E-state index contributed by atoms with van der Waals surface area (Å²) in [5.74, 6) is 0.284. The average molecular weight is 405 g/mol. The van der Waals surface area contributed by atoms with Crippen LogP contribution in [0.2, 0.25) is 0 Å². The lowest BCUT2D eigenvalue weighted by Gasteiger charge is -2.08. The molecule has 1 aromatic heterocycles. The number of amides is 1. The standard InChI is InChI=1S/C26H19N3O2/c30-15-17-7-5-16(6-8-17)9-12-22-19-11-10-18(13-24(19)29-28-22)21-14-26(21)20-3-1-2-4-23(20)27-25(26)31/h1-13,15,21H,14H2,(H,27,31)(H,28,29)/b12-9+/t21-,26-/m0/s1. The third kappa shape index (κ3) is 2.66. The molecule has 150 valence electrons. The molecular weight excluding hydrogens is 386 g/mol. The molecule has 3 aromatic carbocycles. The Hall–Kier alpha value is -3.99. The third-order valence-corrected chi connectivity index (χ3v) is 6.55. The van der Waals surface area contributed by atoms with E-state index in [1.165, 1.54) is 0 Å². The normalized spacial score (nSPS) is 21.5. The fraction of sp³-hybridized carbons (Fsp3) is 0.115. The molecule has 2 heterocycles. The van der Waals surface area contributed by atoms with Crippen LogP contribution in [0.4, 0.5) is 5.69 Å². The quantitative estimate of drug-likeness (QED) is 0.473. The molecule has 5 nitrogen and oxygen atoms in total. The molecule has 1 aliphatic heterocycles. The van der Waals surface area contributed by atoms with Crippen molar-refractivity contribution in [3.63, 3.8) is 0 Å². The first kappa shape index (κ1) is 17.8. The molecule has 0 saturated heterocycles. The lowest BCUT2D eigenvalue weighted by Crippen LogP contribution is -2.20. The molecule has 5 heteroatoms. The number of benzene rings is 3. The van der Waals surface area contributed by atoms with Gasteiger partial charge in [0.2, 0.25) is 5.91 Å². The van der Waals surface area contributed by atoms with Crippen LogP contribution in [-0.4, -0.2) is 22.4 Å². The second kappa shape index (κ2) is 6.51. The molecule has 1 saturated carbocycles. The summed E-state index contributed by atoms with van der Waals surface area (Å²) in [6.07, 6.45) is 5.62. The van der Waals surface area contributed by atoms with Crippen LogP contribution in [0.25, 0.3) is 23.1 Å². The van der Waals surface area contributed by atoms with Crippen molar-refractivity contribution in [3.8, 4) is 0 Å². The van der Waals surface area contributed by atoms with Crippen LogP contribution >= 0.6 is 0 Å². The molecule has 0 bridgehead atoms. The van der Waals surface area contributed by atoms with E-state index >= 15 is 0 Å². The number of aromatic amines is 1. The lowest BCUT2D eigenvalue weighted by molar-refractivity contribution is -0.118. The largest absolute Gasteiger partial charge is 0.325 e. The summed E-state index contributed by atoms with van der Waals surface area (Å²) >= 11 is 0. The molecule has 4 aromatic rings. The second-order valence-corrected chi connectivity index (χ2v) is 8.26. The van der Waals surface area contributed by atoms with Crippen LogP contribution in [0.15, 0.2) is 66.7 Å². The third-order valence-electron chi connectivity index (χ3n) is 6.55. The minimum Gasteiger partial charge on any atom is -0.325 e. The molecule has 2 aliphatic rings. The summed E-state index contributed by atoms with van der Waals surface area (Å²) < 4.78 is 0. The van der Waals surface area contributed by atoms with Gasteiger partial charge in [-0.15, -0.1) is 0 Å². The minimum atomic E-state index is -0.430. The Kier molecular flexibility index (Phi) is 3.74. The SMILES string of the molecule is O=Cc1ccc(/C=C/c2n[nH]c3cc([C@@H]4C[C@@]45C(=O)Nc4ccccc45)ccc23)cc1. The fourth-order valence-electron chi connectivity index (χ4n) is 4.81. The number of para-hydroxylation sites is 1. The number of hydrogen-bond donors (Lipinski definition) is 2. The van der Waals surface area contributed by atoms with Gasteiger partial charge in [0.15, 0.2) is 0 Å². The maximum atomic E-state index is 12.8. The number of nitrogens with one attached hydrogen (secondary N) is 2. The van der Waals surface area contributed by atoms with Gasteiger partial charge < -0.3 is 5.32 Å². The molecule has 1 spiro atoms. The van der Waals surface area contributed by atoms with Gasteiger partial charge in [-0.3, -0.25) is 14.7 Å². The number of hydrogen-bond acceptors (Lipinski definition) is 3. The van der Waals surface area contributed by atoms with Gasteiger partial charge in [-0.25, -0.2) is 0 Å². The van der Waals surface area contributed by atoms with Crippen LogP contribution < -0.4 is 5.32 Å². The van der Waals surface area contributed by atoms with E-state index < -0.39 is 5.41 Å². The van der Waals surface area contributed by atoms with E-state index in [9.17, 15) is 9.59 Å². The Bertz CT molecular complexity index is 1380. The Morgan fingerprint density at radius 3 is 2.61 bits per heavy atom. The van der Waals surface area contributed by atoms with Crippen molar-refractivity contribution >= 4 is 40.9 Å². The number of H-pyrrole nitrogens is 1. The Balaban J connectivity index is 1.29. The zero-order valence-electron chi connectivity index (χ0n) is 16.6. The first-order chi connectivity index (χ1) is 15.2. The summed E-state index contributed by atoms with van der Waals surface area (Å²) in [6.45, 7) is 0. The van der Waals surface area contributed by atoms with Crippen molar-refractivity contribution in [2.75, 3.05) is 5.32 Å². The highest BCUT2D eigenvalue weighted by molar-refractivity contribution is 6.09. The first-order valence-corrected chi connectivity index (χ1v) is 10.3. The van der Waals surface area contributed by atoms with Crippen LogP contribution in [-0.2, 0) is 10.2 Å². The van der Waals surface area contributed by atoms with Gasteiger partial charge in [-0.2, -0.15) is 5.10 Å². The van der Waals surface area contributed by atoms with E-state index in [1.807, 2.05) is 42.5 Å². The number of aromatic nitrogens is 2. The predicted molar refractivity (Wildman–Crippen MR) is 121 cm³/mol. The van der Waals surface area contributed by atoms with Gasteiger partial charge in [0, 0.05) is 22.6 Å². The molecule has 0 unspecified atom stereocenters. The maximum absolute atomic E-state index is 12.8. The van der Waals surface area contributed by atoms with Gasteiger partial charge in [-0.1, -0.05) is 60.7 Å². The highest BCUT2D eigenvalue weighted by Crippen LogP contribution is 2.64.